The summed E-state index contributed by atoms with van der Waals surface area (Å²) in [4.78, 5) is 2.10. The van der Waals surface area contributed by atoms with Gasteiger partial charge in [0.25, 0.3) is 0 Å². The van der Waals surface area contributed by atoms with E-state index < -0.39 is 0 Å². The molecule has 2 N–H and O–H groups in total. The van der Waals surface area contributed by atoms with Crippen molar-refractivity contribution in [3.63, 3.8) is 0 Å². The molecule has 0 heterocycles. The Morgan fingerprint density at radius 3 is 2.53 bits per heavy atom. The number of hydrogen-bond acceptors (Lipinski definition) is 2. The van der Waals surface area contributed by atoms with Crippen molar-refractivity contribution in [3.05, 3.63) is 53.8 Å². The Labute approximate surface area is 120 Å². The molecular weight excluding hydrogens is 277 g/mol. The Morgan fingerprint density at radius 2 is 1.84 bits per heavy atom. The molecule has 1 nitrogen and oxygen atoms in total. The van der Waals surface area contributed by atoms with Crippen molar-refractivity contribution in [2.45, 2.75) is 15.5 Å². The Morgan fingerprint density at radius 1 is 1.11 bits per heavy atom. The van der Waals surface area contributed by atoms with Crippen LogP contribution in [0.1, 0.15) is 5.56 Å². The van der Waals surface area contributed by atoms with Gasteiger partial charge in [-0.2, -0.15) is 0 Å². The third kappa shape index (κ3) is 3.91. The molecule has 19 heavy (non-hydrogen) atoms. The van der Waals surface area contributed by atoms with E-state index in [4.69, 9.17) is 5.73 Å². The van der Waals surface area contributed by atoms with Gasteiger partial charge in [-0.3, -0.25) is 0 Å². The Balaban J connectivity index is 2.27. The number of nitrogen functional groups attached to an aromatic ring is 1. The molecule has 0 fully saturated rings. The summed E-state index contributed by atoms with van der Waals surface area (Å²) in [6, 6.07) is 12.9. The second-order valence-corrected chi connectivity index (χ2v) is 7.87. The molecule has 0 atom stereocenters. The van der Waals surface area contributed by atoms with Crippen LogP contribution in [-0.4, -0.2) is 12.5 Å². The molecule has 0 bridgehead atoms. The zero-order chi connectivity index (χ0) is 13.8. The van der Waals surface area contributed by atoms with Crippen LogP contribution in [0.15, 0.2) is 52.3 Å². The fourth-order valence-corrected chi connectivity index (χ4v) is 3.70. The summed E-state index contributed by atoms with van der Waals surface area (Å²) in [6.45, 7) is 0. The lowest BCUT2D eigenvalue weighted by atomic mass is 10.2. The molecule has 0 spiro atoms. The summed E-state index contributed by atoms with van der Waals surface area (Å²) in [6.07, 6.45) is 4.46. The van der Waals surface area contributed by atoms with Crippen LogP contribution < -0.4 is 5.73 Å². The Hall–Kier alpha value is -1.13. The molecule has 2 aromatic rings. The number of nitrogens with two attached hydrogens (primary N) is 1. The average molecular weight is 294 g/mol. The second kappa shape index (κ2) is 6.35. The van der Waals surface area contributed by atoms with E-state index in [1.54, 1.807) is 17.8 Å². The third-order valence-corrected chi connectivity index (χ3v) is 4.71. The first kappa shape index (κ1) is 14.3. The van der Waals surface area contributed by atoms with E-state index in [-0.39, 0.29) is 5.82 Å². The van der Waals surface area contributed by atoms with Crippen molar-refractivity contribution in [1.82, 2.24) is 0 Å². The highest BCUT2D eigenvalue weighted by Gasteiger charge is 2.11. The van der Waals surface area contributed by atoms with Gasteiger partial charge in [-0.15, -0.1) is 0 Å². The average Bonchev–Trinajstić information content (AvgIpc) is 2.34. The van der Waals surface area contributed by atoms with Gasteiger partial charge in [-0.25, -0.2) is 4.39 Å². The SMILES string of the molecule is C[S+](C)Cc1ccccc1Sc1ccc(F)cc1N. The lowest BCUT2D eigenvalue weighted by Gasteiger charge is -2.09. The van der Waals surface area contributed by atoms with Gasteiger partial charge in [-0.1, -0.05) is 30.0 Å². The molecule has 0 aliphatic rings. The molecule has 4 heteroatoms. The van der Waals surface area contributed by atoms with Crippen molar-refractivity contribution < 1.29 is 4.39 Å². The Bertz CT molecular complexity index is 570. The van der Waals surface area contributed by atoms with Gasteiger partial charge in [0, 0.05) is 21.0 Å². The maximum Gasteiger partial charge on any atom is 0.133 e. The maximum atomic E-state index is 13.0. The van der Waals surface area contributed by atoms with E-state index >= 15 is 0 Å². The third-order valence-electron chi connectivity index (χ3n) is 2.61. The summed E-state index contributed by atoms with van der Waals surface area (Å²) in [5.74, 6) is 0.767. The smallest absolute Gasteiger partial charge is 0.133 e. The van der Waals surface area contributed by atoms with Gasteiger partial charge in [0.1, 0.15) is 11.6 Å². The quantitative estimate of drug-likeness (QED) is 0.683. The highest BCUT2D eigenvalue weighted by Crippen LogP contribution is 2.34. The van der Waals surface area contributed by atoms with Crippen molar-refractivity contribution >= 4 is 28.3 Å². The first-order chi connectivity index (χ1) is 9.06. The van der Waals surface area contributed by atoms with Crippen molar-refractivity contribution in [2.24, 2.45) is 0 Å². The minimum absolute atomic E-state index is 0.293. The molecule has 2 rings (SSSR count). The normalized spacial score (nSPS) is 10.9. The van der Waals surface area contributed by atoms with Crippen LogP contribution in [-0.2, 0) is 16.6 Å². The fraction of sp³-hybridized carbons (Fsp3) is 0.200. The standard InChI is InChI=1S/C15H17FNS2/c1-19(2)10-11-5-3-4-6-14(11)18-15-8-7-12(16)9-13(15)17/h3-9H,10,17H2,1-2H3/q+1. The van der Waals surface area contributed by atoms with E-state index in [0.29, 0.717) is 16.6 Å². The monoisotopic (exact) mass is 294 g/mol. The van der Waals surface area contributed by atoms with Crippen LogP contribution in [0.2, 0.25) is 0 Å². The lowest BCUT2D eigenvalue weighted by Crippen LogP contribution is -2.00. The summed E-state index contributed by atoms with van der Waals surface area (Å²) in [5.41, 5.74) is 7.68. The van der Waals surface area contributed by atoms with E-state index in [2.05, 4.69) is 30.7 Å². The lowest BCUT2D eigenvalue weighted by molar-refractivity contribution is 0.627. The predicted octanol–water partition coefficient (Wildman–Crippen LogP) is 3.94. The van der Waals surface area contributed by atoms with Gasteiger partial charge in [-0.05, 0) is 35.2 Å². The highest BCUT2D eigenvalue weighted by atomic mass is 32.2. The summed E-state index contributed by atoms with van der Waals surface area (Å²) >= 11 is 1.60. The topological polar surface area (TPSA) is 26.0 Å². The fourth-order valence-electron chi connectivity index (χ4n) is 1.76. The van der Waals surface area contributed by atoms with Crippen LogP contribution in [0.4, 0.5) is 10.1 Å². The molecule has 0 aliphatic carbocycles. The zero-order valence-corrected chi connectivity index (χ0v) is 12.7. The Kier molecular flexibility index (Phi) is 4.77. The van der Waals surface area contributed by atoms with Crippen molar-refractivity contribution in [1.29, 1.82) is 0 Å². The van der Waals surface area contributed by atoms with Gasteiger partial charge < -0.3 is 5.73 Å². The minimum atomic E-state index is -0.293. The maximum absolute atomic E-state index is 13.0. The largest absolute Gasteiger partial charge is 0.398 e. The van der Waals surface area contributed by atoms with Crippen LogP contribution in [0, 0.1) is 5.82 Å². The van der Waals surface area contributed by atoms with Crippen molar-refractivity contribution in [3.8, 4) is 0 Å². The zero-order valence-electron chi connectivity index (χ0n) is 11.0. The van der Waals surface area contributed by atoms with E-state index in [9.17, 15) is 4.39 Å². The number of anilines is 1. The van der Waals surface area contributed by atoms with Gasteiger partial charge in [0.2, 0.25) is 0 Å². The van der Waals surface area contributed by atoms with E-state index in [0.717, 1.165) is 10.6 Å². The van der Waals surface area contributed by atoms with Crippen LogP contribution in [0.25, 0.3) is 0 Å². The molecule has 100 valence electrons. The summed E-state index contributed by atoms with van der Waals surface area (Å²) in [5, 5.41) is 0. The molecular formula is C15H17FNS2+. The first-order valence-corrected chi connectivity index (χ1v) is 8.94. The first-order valence-electron chi connectivity index (χ1n) is 5.91. The second-order valence-electron chi connectivity index (χ2n) is 4.52. The molecule has 0 saturated heterocycles. The minimum Gasteiger partial charge on any atom is -0.398 e. The molecule has 0 radical (unpaired) electrons. The number of halogens is 1. The highest BCUT2D eigenvalue weighted by molar-refractivity contribution is 7.99. The summed E-state index contributed by atoms with van der Waals surface area (Å²) < 4.78 is 13.0. The van der Waals surface area contributed by atoms with Crippen LogP contribution in [0.3, 0.4) is 0 Å². The van der Waals surface area contributed by atoms with Crippen molar-refractivity contribution in [2.75, 3.05) is 18.2 Å². The molecule has 0 aromatic heterocycles. The van der Waals surface area contributed by atoms with E-state index in [1.807, 2.05) is 6.07 Å². The van der Waals surface area contributed by atoms with Crippen LogP contribution in [0.5, 0.6) is 0 Å². The number of benzene rings is 2. The molecule has 2 aromatic carbocycles. The van der Waals surface area contributed by atoms with Gasteiger partial charge >= 0.3 is 0 Å². The van der Waals surface area contributed by atoms with Crippen LogP contribution >= 0.6 is 11.8 Å². The van der Waals surface area contributed by atoms with Gasteiger partial charge in [0.15, 0.2) is 0 Å². The number of rotatable bonds is 4. The predicted molar refractivity (Wildman–Crippen MR) is 84.3 cm³/mol. The molecule has 0 aliphatic heterocycles. The molecule has 0 amide bonds. The molecule has 0 unspecified atom stereocenters. The van der Waals surface area contributed by atoms with E-state index in [1.165, 1.54) is 22.6 Å². The molecule has 0 saturated carbocycles. The summed E-state index contributed by atoms with van der Waals surface area (Å²) in [7, 11) is 0.352. The number of hydrogen-bond donors (Lipinski definition) is 1. The van der Waals surface area contributed by atoms with Gasteiger partial charge in [0.05, 0.1) is 12.5 Å².